The summed E-state index contributed by atoms with van der Waals surface area (Å²) in [6.45, 7) is 1.36. The quantitative estimate of drug-likeness (QED) is 0.836. The van der Waals surface area contributed by atoms with Crippen molar-refractivity contribution in [1.82, 2.24) is 15.0 Å². The van der Waals surface area contributed by atoms with Gasteiger partial charge in [-0.25, -0.2) is 32.3 Å². The number of hydrogen-bond acceptors (Lipinski definition) is 5. The van der Waals surface area contributed by atoms with Gasteiger partial charge in [0.2, 0.25) is 0 Å². The number of aromatic carboxylic acids is 1. The van der Waals surface area contributed by atoms with E-state index in [2.05, 4.69) is 15.0 Å². The molecule has 2 heterocycles. The molecule has 0 radical (unpaired) electrons. The molecular formula is C13H10F4N4O2. The number of aryl methyl sites for hydroxylation is 1. The smallest absolute Gasteiger partial charge is 0.358 e. The number of halogens is 4. The molecule has 0 aliphatic heterocycles. The number of alkyl halides is 4. The third kappa shape index (κ3) is 3.20. The van der Waals surface area contributed by atoms with Gasteiger partial charge in [0, 0.05) is 11.8 Å². The monoisotopic (exact) mass is 330 g/mol. The molecule has 2 aromatic heterocycles. The van der Waals surface area contributed by atoms with Crippen molar-refractivity contribution in [2.24, 2.45) is 0 Å². The van der Waals surface area contributed by atoms with Crippen LogP contribution in [0.25, 0.3) is 11.4 Å². The predicted molar refractivity (Wildman–Crippen MR) is 71.3 cm³/mol. The van der Waals surface area contributed by atoms with Gasteiger partial charge in [0.15, 0.2) is 11.5 Å². The van der Waals surface area contributed by atoms with E-state index in [0.29, 0.717) is 0 Å². The lowest BCUT2D eigenvalue weighted by molar-refractivity contribution is 0.0690. The molecule has 0 unspecified atom stereocenters. The average molecular weight is 330 g/mol. The Hall–Kier alpha value is -2.78. The number of anilines is 1. The Labute approximate surface area is 127 Å². The fourth-order valence-electron chi connectivity index (χ4n) is 1.91. The van der Waals surface area contributed by atoms with E-state index in [4.69, 9.17) is 10.8 Å². The summed E-state index contributed by atoms with van der Waals surface area (Å²) < 4.78 is 51.5. The minimum absolute atomic E-state index is 0.125. The van der Waals surface area contributed by atoms with Crippen molar-refractivity contribution in [1.29, 1.82) is 0 Å². The van der Waals surface area contributed by atoms with Crippen LogP contribution in [0.2, 0.25) is 0 Å². The number of hydrogen-bond donors (Lipinski definition) is 2. The fraction of sp³-hybridized carbons (Fsp3) is 0.231. The van der Waals surface area contributed by atoms with Gasteiger partial charge in [-0.15, -0.1) is 0 Å². The van der Waals surface area contributed by atoms with E-state index in [1.165, 1.54) is 6.92 Å². The summed E-state index contributed by atoms with van der Waals surface area (Å²) in [4.78, 5) is 21.7. The second-order valence-corrected chi connectivity index (χ2v) is 4.53. The van der Waals surface area contributed by atoms with Gasteiger partial charge in [-0.1, -0.05) is 0 Å². The molecule has 0 spiro atoms. The van der Waals surface area contributed by atoms with Crippen LogP contribution in [-0.4, -0.2) is 26.0 Å². The van der Waals surface area contributed by atoms with Crippen LogP contribution in [0.15, 0.2) is 12.3 Å². The Kier molecular flexibility index (Phi) is 4.43. The van der Waals surface area contributed by atoms with Crippen molar-refractivity contribution < 1.29 is 27.5 Å². The van der Waals surface area contributed by atoms with Gasteiger partial charge < -0.3 is 10.8 Å². The first-order valence-corrected chi connectivity index (χ1v) is 6.16. The van der Waals surface area contributed by atoms with Crippen molar-refractivity contribution in [3.63, 3.8) is 0 Å². The van der Waals surface area contributed by atoms with Crippen molar-refractivity contribution in [2.75, 3.05) is 5.73 Å². The lowest BCUT2D eigenvalue weighted by atomic mass is 10.1. The third-order valence-corrected chi connectivity index (χ3v) is 2.93. The summed E-state index contributed by atoms with van der Waals surface area (Å²) in [7, 11) is 0. The van der Waals surface area contributed by atoms with Crippen LogP contribution < -0.4 is 5.73 Å². The van der Waals surface area contributed by atoms with Gasteiger partial charge in [0.1, 0.15) is 11.4 Å². The Morgan fingerprint density at radius 1 is 1.17 bits per heavy atom. The largest absolute Gasteiger partial charge is 0.476 e. The standard InChI is InChI=1S/C13H10F4N4O2/c1-4-2-5(10(14)15)3-19-6(4)7-8(11(16)17)21-12(18)9(20-7)13(22)23/h2-3,10-11H,1H3,(H2,18,21)(H,22,23). The SMILES string of the molecule is Cc1cc(C(F)F)cnc1-c1nc(C(=O)O)c(N)nc1C(F)F. The molecule has 0 saturated heterocycles. The molecule has 0 saturated carbocycles. The van der Waals surface area contributed by atoms with Crippen molar-refractivity contribution in [3.05, 3.63) is 34.8 Å². The first kappa shape index (κ1) is 16.6. The number of nitrogens with two attached hydrogens (primary N) is 1. The zero-order valence-electron chi connectivity index (χ0n) is 11.6. The number of carboxylic acid groups (broad SMARTS) is 1. The average Bonchev–Trinajstić information content (AvgIpc) is 2.46. The normalized spacial score (nSPS) is 11.3. The minimum atomic E-state index is -3.10. The van der Waals surface area contributed by atoms with Crippen molar-refractivity contribution >= 4 is 11.8 Å². The second-order valence-electron chi connectivity index (χ2n) is 4.53. The van der Waals surface area contributed by atoms with Crippen LogP contribution in [0.1, 0.15) is 40.2 Å². The van der Waals surface area contributed by atoms with E-state index in [1.807, 2.05) is 0 Å². The Morgan fingerprint density at radius 3 is 2.30 bits per heavy atom. The van der Waals surface area contributed by atoms with E-state index in [-0.39, 0.29) is 11.3 Å². The molecule has 0 amide bonds. The number of nitrogens with zero attached hydrogens (tertiary/aromatic N) is 3. The third-order valence-electron chi connectivity index (χ3n) is 2.93. The van der Waals surface area contributed by atoms with E-state index >= 15 is 0 Å². The molecule has 0 fully saturated rings. The van der Waals surface area contributed by atoms with Crippen LogP contribution >= 0.6 is 0 Å². The van der Waals surface area contributed by atoms with E-state index < -0.39 is 47.3 Å². The van der Waals surface area contributed by atoms with Gasteiger partial charge >= 0.3 is 5.97 Å². The number of carbonyl (C=O) groups is 1. The number of pyridine rings is 1. The molecule has 122 valence electrons. The molecule has 3 N–H and O–H groups in total. The highest BCUT2D eigenvalue weighted by molar-refractivity contribution is 5.91. The maximum absolute atomic E-state index is 13.1. The van der Waals surface area contributed by atoms with E-state index in [0.717, 1.165) is 12.3 Å². The molecule has 0 aliphatic carbocycles. The molecule has 0 bridgehead atoms. The maximum Gasteiger partial charge on any atom is 0.358 e. The van der Waals surface area contributed by atoms with Crippen molar-refractivity contribution in [3.8, 4) is 11.4 Å². The summed E-state index contributed by atoms with van der Waals surface area (Å²) in [5, 5.41) is 8.96. The van der Waals surface area contributed by atoms with E-state index in [1.54, 1.807) is 0 Å². The van der Waals surface area contributed by atoms with E-state index in [9.17, 15) is 22.4 Å². The zero-order valence-corrected chi connectivity index (χ0v) is 11.6. The van der Waals surface area contributed by atoms with Gasteiger partial charge in [-0.3, -0.25) is 4.98 Å². The van der Waals surface area contributed by atoms with Crippen LogP contribution in [0.4, 0.5) is 23.4 Å². The highest BCUT2D eigenvalue weighted by Gasteiger charge is 2.25. The molecule has 0 atom stereocenters. The second kappa shape index (κ2) is 6.15. The van der Waals surface area contributed by atoms with Gasteiger partial charge in [-0.2, -0.15) is 0 Å². The van der Waals surface area contributed by atoms with Crippen LogP contribution in [0, 0.1) is 6.92 Å². The molecule has 0 aromatic carbocycles. The van der Waals surface area contributed by atoms with Gasteiger partial charge in [0.25, 0.3) is 12.9 Å². The molecule has 0 aliphatic rings. The summed E-state index contributed by atoms with van der Waals surface area (Å²) in [6.07, 6.45) is -5.07. The molecule has 6 nitrogen and oxygen atoms in total. The zero-order chi connectivity index (χ0) is 17.3. The number of nitrogen functional groups attached to an aromatic ring is 1. The molecule has 2 aromatic rings. The lowest BCUT2D eigenvalue weighted by Gasteiger charge is -2.12. The maximum atomic E-state index is 13.1. The fourth-order valence-corrected chi connectivity index (χ4v) is 1.91. The van der Waals surface area contributed by atoms with Crippen molar-refractivity contribution in [2.45, 2.75) is 19.8 Å². The first-order valence-electron chi connectivity index (χ1n) is 6.16. The summed E-state index contributed by atoms with van der Waals surface area (Å²) in [5.74, 6) is -2.22. The summed E-state index contributed by atoms with van der Waals surface area (Å²) in [5.41, 5.74) is 2.77. The number of aromatic nitrogens is 3. The molecule has 23 heavy (non-hydrogen) atoms. The van der Waals surface area contributed by atoms with Crippen LogP contribution in [-0.2, 0) is 0 Å². The first-order chi connectivity index (χ1) is 10.7. The Balaban J connectivity index is 2.70. The number of carboxylic acids is 1. The Morgan fingerprint density at radius 2 is 1.83 bits per heavy atom. The molecular weight excluding hydrogens is 320 g/mol. The van der Waals surface area contributed by atoms with Gasteiger partial charge in [0.05, 0.1) is 5.69 Å². The lowest BCUT2D eigenvalue weighted by Crippen LogP contribution is -2.13. The number of rotatable bonds is 4. The predicted octanol–water partition coefficient (Wildman–Crippen LogP) is 3.00. The summed E-state index contributed by atoms with van der Waals surface area (Å²) >= 11 is 0. The highest BCUT2D eigenvalue weighted by Crippen LogP contribution is 2.31. The van der Waals surface area contributed by atoms with Crippen LogP contribution in [0.3, 0.4) is 0 Å². The topological polar surface area (TPSA) is 102 Å². The molecule has 2 rings (SSSR count). The van der Waals surface area contributed by atoms with Crippen LogP contribution in [0.5, 0.6) is 0 Å². The summed E-state index contributed by atoms with van der Waals surface area (Å²) in [6, 6.07) is 1.06. The highest BCUT2D eigenvalue weighted by atomic mass is 19.3. The Bertz CT molecular complexity index is 768. The van der Waals surface area contributed by atoms with Gasteiger partial charge in [-0.05, 0) is 18.6 Å². The minimum Gasteiger partial charge on any atom is -0.476 e. The molecule has 10 heteroatoms.